The lowest BCUT2D eigenvalue weighted by molar-refractivity contribution is -0.110. The molecule has 0 N–H and O–H groups in total. The van der Waals surface area contributed by atoms with Crippen LogP contribution in [0.5, 0.6) is 0 Å². The lowest BCUT2D eigenvalue weighted by Gasteiger charge is -2.36. The van der Waals surface area contributed by atoms with Crippen molar-refractivity contribution in [1.29, 1.82) is 0 Å². The molecule has 1 rings (SSSR count). The fourth-order valence-corrected chi connectivity index (χ4v) is 3.28. The fraction of sp³-hybridized carbons (Fsp3) is 0.611. The van der Waals surface area contributed by atoms with Crippen LogP contribution in [-0.4, -0.2) is 5.78 Å². The molecule has 1 unspecified atom stereocenters. The van der Waals surface area contributed by atoms with Gasteiger partial charge in [0, 0.05) is 0 Å². The molecule has 0 aromatic rings. The Labute approximate surface area is 118 Å². The number of hydrogen-bond donors (Lipinski definition) is 0. The number of ketones is 1. The summed E-state index contributed by atoms with van der Waals surface area (Å²) in [6, 6.07) is 0. The van der Waals surface area contributed by atoms with Crippen LogP contribution in [0.15, 0.2) is 36.0 Å². The fourth-order valence-electron chi connectivity index (χ4n) is 3.28. The Hall–Kier alpha value is -1.11. The van der Waals surface area contributed by atoms with E-state index in [4.69, 9.17) is 0 Å². The van der Waals surface area contributed by atoms with E-state index < -0.39 is 0 Å². The van der Waals surface area contributed by atoms with Gasteiger partial charge in [0.25, 0.3) is 0 Å². The van der Waals surface area contributed by atoms with Gasteiger partial charge in [0.05, 0.1) is 0 Å². The Bertz CT molecular complexity index is 388. The predicted octanol–water partition coefficient (Wildman–Crippen LogP) is 5.10. The molecule has 0 amide bonds. The summed E-state index contributed by atoms with van der Waals surface area (Å²) in [5, 5.41) is 0. The van der Waals surface area contributed by atoms with Crippen LogP contribution >= 0.6 is 0 Å². The molecule has 1 aliphatic rings. The van der Waals surface area contributed by atoms with Gasteiger partial charge < -0.3 is 0 Å². The monoisotopic (exact) mass is 260 g/mol. The third-order valence-electron chi connectivity index (χ3n) is 3.68. The number of hydrogen-bond acceptors (Lipinski definition) is 1. The largest absolute Gasteiger partial charge is 0.290 e. The van der Waals surface area contributed by atoms with Crippen LogP contribution in [0.2, 0.25) is 0 Å². The van der Waals surface area contributed by atoms with Crippen LogP contribution < -0.4 is 0 Å². The van der Waals surface area contributed by atoms with E-state index >= 15 is 0 Å². The molecule has 1 heteroatoms. The van der Waals surface area contributed by atoms with Gasteiger partial charge in [-0.2, -0.15) is 0 Å². The quantitative estimate of drug-likeness (QED) is 0.631. The van der Waals surface area contributed by atoms with Gasteiger partial charge >= 0.3 is 0 Å². The molecule has 0 fully saturated rings. The van der Waals surface area contributed by atoms with E-state index in [1.165, 1.54) is 0 Å². The van der Waals surface area contributed by atoms with Gasteiger partial charge in [0.15, 0.2) is 5.78 Å². The SMILES string of the molecule is CC(C)C(C1=CC/C=C/C(=O)/C=C\CC1)C(C)(C)C. The van der Waals surface area contributed by atoms with E-state index in [0.717, 1.165) is 19.3 Å². The molecule has 0 spiro atoms. The molecular weight excluding hydrogens is 232 g/mol. The minimum absolute atomic E-state index is 0.105. The molecule has 0 radical (unpaired) electrons. The molecule has 0 heterocycles. The summed E-state index contributed by atoms with van der Waals surface area (Å²) in [6.45, 7) is 11.6. The first-order chi connectivity index (χ1) is 8.82. The van der Waals surface area contributed by atoms with Crippen molar-refractivity contribution in [2.24, 2.45) is 17.3 Å². The Balaban J connectivity index is 2.98. The zero-order chi connectivity index (χ0) is 14.5. The molecule has 1 aliphatic carbocycles. The summed E-state index contributed by atoms with van der Waals surface area (Å²) in [7, 11) is 0. The van der Waals surface area contributed by atoms with Crippen molar-refractivity contribution in [2.75, 3.05) is 0 Å². The molecule has 1 nitrogen and oxygen atoms in total. The second-order valence-electron chi connectivity index (χ2n) is 6.85. The maximum atomic E-state index is 11.4. The van der Waals surface area contributed by atoms with Crippen molar-refractivity contribution < 1.29 is 4.79 Å². The summed E-state index contributed by atoms with van der Waals surface area (Å²) in [6.07, 6.45) is 12.6. The number of carbonyl (C=O) groups excluding carboxylic acids is 1. The molecule has 106 valence electrons. The van der Waals surface area contributed by atoms with E-state index in [1.807, 2.05) is 12.2 Å². The molecule has 0 bridgehead atoms. The van der Waals surface area contributed by atoms with E-state index in [2.05, 4.69) is 40.7 Å². The van der Waals surface area contributed by atoms with E-state index in [0.29, 0.717) is 11.8 Å². The average Bonchev–Trinajstić information content (AvgIpc) is 2.27. The van der Waals surface area contributed by atoms with Gasteiger partial charge in [-0.25, -0.2) is 0 Å². The Morgan fingerprint density at radius 1 is 1.11 bits per heavy atom. The zero-order valence-corrected chi connectivity index (χ0v) is 13.1. The second-order valence-corrected chi connectivity index (χ2v) is 6.85. The van der Waals surface area contributed by atoms with Gasteiger partial charge in [0.2, 0.25) is 0 Å². The molecule has 0 saturated carbocycles. The van der Waals surface area contributed by atoms with Crippen molar-refractivity contribution in [3.63, 3.8) is 0 Å². The van der Waals surface area contributed by atoms with Crippen LogP contribution in [0.4, 0.5) is 0 Å². The lowest BCUT2D eigenvalue weighted by Crippen LogP contribution is -2.27. The van der Waals surface area contributed by atoms with Crippen LogP contribution in [0, 0.1) is 17.3 Å². The van der Waals surface area contributed by atoms with Crippen molar-refractivity contribution in [3.05, 3.63) is 36.0 Å². The Morgan fingerprint density at radius 3 is 2.32 bits per heavy atom. The summed E-state index contributed by atoms with van der Waals surface area (Å²) >= 11 is 0. The molecule has 0 aromatic heterocycles. The first kappa shape index (κ1) is 15.9. The van der Waals surface area contributed by atoms with Crippen LogP contribution in [0.1, 0.15) is 53.9 Å². The van der Waals surface area contributed by atoms with Gasteiger partial charge in [-0.3, -0.25) is 4.79 Å². The van der Waals surface area contributed by atoms with Gasteiger partial charge in [-0.05, 0) is 48.7 Å². The smallest absolute Gasteiger partial charge is 0.178 e. The van der Waals surface area contributed by atoms with Crippen LogP contribution in [-0.2, 0) is 4.79 Å². The minimum atomic E-state index is 0.105. The van der Waals surface area contributed by atoms with Crippen LogP contribution in [0.25, 0.3) is 0 Å². The first-order valence-corrected chi connectivity index (χ1v) is 7.38. The van der Waals surface area contributed by atoms with E-state index in [9.17, 15) is 4.79 Å². The molecule has 19 heavy (non-hydrogen) atoms. The summed E-state index contributed by atoms with van der Waals surface area (Å²) in [5.74, 6) is 1.35. The van der Waals surface area contributed by atoms with Crippen LogP contribution in [0.3, 0.4) is 0 Å². The highest BCUT2D eigenvalue weighted by Gasteiger charge is 2.29. The highest BCUT2D eigenvalue weighted by molar-refractivity contribution is 5.99. The number of carbonyl (C=O) groups is 1. The maximum Gasteiger partial charge on any atom is 0.178 e. The highest BCUT2D eigenvalue weighted by Crippen LogP contribution is 2.39. The van der Waals surface area contributed by atoms with Crippen molar-refractivity contribution in [3.8, 4) is 0 Å². The topological polar surface area (TPSA) is 17.1 Å². The third-order valence-corrected chi connectivity index (χ3v) is 3.68. The van der Waals surface area contributed by atoms with Gasteiger partial charge in [-0.1, -0.05) is 58.4 Å². The molecule has 0 aromatic carbocycles. The Morgan fingerprint density at radius 2 is 1.74 bits per heavy atom. The first-order valence-electron chi connectivity index (χ1n) is 7.38. The minimum Gasteiger partial charge on any atom is -0.290 e. The Kier molecular flexibility index (Phi) is 5.78. The predicted molar refractivity (Wildman–Crippen MR) is 83.0 cm³/mol. The number of allylic oxidation sites excluding steroid dienone is 6. The normalized spacial score (nSPS) is 22.8. The second kappa shape index (κ2) is 6.88. The average molecular weight is 260 g/mol. The molecule has 0 saturated heterocycles. The summed E-state index contributed by atoms with van der Waals surface area (Å²) in [4.78, 5) is 11.4. The van der Waals surface area contributed by atoms with Gasteiger partial charge in [0.1, 0.15) is 0 Å². The maximum absolute atomic E-state index is 11.4. The molecule has 1 atom stereocenters. The lowest BCUT2D eigenvalue weighted by atomic mass is 9.69. The van der Waals surface area contributed by atoms with Crippen molar-refractivity contribution >= 4 is 5.78 Å². The van der Waals surface area contributed by atoms with E-state index in [1.54, 1.807) is 17.7 Å². The van der Waals surface area contributed by atoms with Crippen molar-refractivity contribution in [2.45, 2.75) is 53.9 Å². The summed E-state index contributed by atoms with van der Waals surface area (Å²) < 4.78 is 0. The van der Waals surface area contributed by atoms with Crippen molar-refractivity contribution in [1.82, 2.24) is 0 Å². The third kappa shape index (κ3) is 5.18. The van der Waals surface area contributed by atoms with Gasteiger partial charge in [-0.15, -0.1) is 0 Å². The summed E-state index contributed by atoms with van der Waals surface area (Å²) in [5.41, 5.74) is 1.83. The molecular formula is C18H28O. The standard InChI is InChI=1S/C18H28O/c1-14(2)17(18(3,4)5)15-10-6-8-12-16(19)13-9-7-11-15/h8-10,12-14,17H,6-7,11H2,1-5H3/b12-8+,13-9-,15-10?. The zero-order valence-electron chi connectivity index (χ0n) is 13.1. The number of rotatable bonds is 2. The molecule has 0 aliphatic heterocycles. The van der Waals surface area contributed by atoms with E-state index in [-0.39, 0.29) is 11.2 Å². The highest BCUT2D eigenvalue weighted by atomic mass is 16.1.